The summed E-state index contributed by atoms with van der Waals surface area (Å²) >= 11 is 0. The zero-order chi connectivity index (χ0) is 5.11. The second kappa shape index (κ2) is 2.42. The van der Waals surface area contributed by atoms with E-state index in [2.05, 4.69) is 13.5 Å². The van der Waals surface area contributed by atoms with Gasteiger partial charge in [-0.3, -0.25) is 0 Å². The van der Waals surface area contributed by atoms with Gasteiger partial charge in [-0.15, -0.1) is 0 Å². The molecule has 1 rings (SSSR count). The predicted molar refractivity (Wildman–Crippen MR) is 29.0 cm³/mol. The minimum Gasteiger partial charge on any atom is -0.159 e. The van der Waals surface area contributed by atoms with Crippen molar-refractivity contribution in [1.29, 1.82) is 0 Å². The fourth-order valence-corrected chi connectivity index (χ4v) is 2.41. The van der Waals surface area contributed by atoms with Crippen LogP contribution in [0.1, 0.15) is 0 Å². The van der Waals surface area contributed by atoms with Gasteiger partial charge in [0.25, 0.3) is 0 Å². The third-order valence-electron chi connectivity index (χ3n) is 0.336. The van der Waals surface area contributed by atoms with Crippen LogP contribution >= 0.6 is 24.8 Å². The number of H-pyrrole nitrogens is 1. The lowest BCUT2D eigenvalue weighted by atomic mass is 13.9. The first kappa shape index (κ1) is 5.24. The average Bonchev–Trinajstić information content (AvgIpc) is 1.69. The fourth-order valence-electron chi connectivity index (χ4n) is 0.152. The molecule has 0 amide bonds. The molecule has 0 bridgehead atoms. The highest BCUT2D eigenvalue weighted by Gasteiger charge is 1.87. The van der Waals surface area contributed by atoms with Crippen LogP contribution in [0.3, 0.4) is 0 Å². The van der Waals surface area contributed by atoms with Gasteiger partial charge >= 0.3 is 24.8 Å². The van der Waals surface area contributed by atoms with E-state index in [1.807, 2.05) is 0 Å². The van der Waals surface area contributed by atoms with E-state index in [1.165, 1.54) is 0 Å². The Morgan fingerprint density at radius 3 is 2.86 bits per heavy atom. The van der Waals surface area contributed by atoms with E-state index in [4.69, 9.17) is 0 Å². The third kappa shape index (κ3) is 1.56. The molecule has 0 fully saturated rings. The van der Waals surface area contributed by atoms with Crippen molar-refractivity contribution in [1.82, 2.24) is 13.5 Å². The van der Waals surface area contributed by atoms with Gasteiger partial charge in [-0.2, -0.15) is 9.07 Å². The Balaban J connectivity index is 3.28. The smallest absolute Gasteiger partial charge is 0.159 e. The molecular formula is HN3OP3+. The van der Waals surface area contributed by atoms with Gasteiger partial charge in [-0.05, 0) is 4.51 Å². The van der Waals surface area contributed by atoms with Crippen LogP contribution in [-0.2, 0) is 4.57 Å². The average molecular weight is 152 g/mol. The summed E-state index contributed by atoms with van der Waals surface area (Å²) in [5.74, 6) is 0. The Hall–Kier alpha value is 0.1000. The first-order valence-electron chi connectivity index (χ1n) is 1.43. The standard InChI is InChI=1S/HN3OP3/c4-7-2-5-1-6-3-7/h(H,1,2,3,4)/q+1. The predicted octanol–water partition coefficient (Wildman–Crippen LogP) is 1.71. The monoisotopic (exact) mass is 152 g/mol. The molecular weight excluding hydrogens is 151 g/mol. The topological polar surface area (TPSA) is 58.6 Å². The lowest BCUT2D eigenvalue weighted by Gasteiger charge is -1.55. The molecule has 0 aliphatic heterocycles. The molecule has 0 radical (unpaired) electrons. The van der Waals surface area contributed by atoms with Gasteiger partial charge in [-0.1, -0.05) is 0 Å². The Labute approximate surface area is 43.7 Å². The van der Waals surface area contributed by atoms with Crippen molar-refractivity contribution in [2.75, 3.05) is 0 Å². The molecule has 1 N–H and O–H groups in total. The molecule has 4 nitrogen and oxygen atoms in total. The minimum atomic E-state index is -1.49. The molecule has 36 valence electrons. The van der Waals surface area contributed by atoms with Crippen LogP contribution in [-0.4, -0.2) is 13.5 Å². The number of aromatic nitrogens is 3. The van der Waals surface area contributed by atoms with Gasteiger partial charge in [0.1, 0.15) is 0 Å². The molecule has 0 saturated carbocycles. The van der Waals surface area contributed by atoms with Crippen LogP contribution in [0, 0.1) is 0 Å². The van der Waals surface area contributed by atoms with Crippen molar-refractivity contribution < 1.29 is 4.57 Å². The summed E-state index contributed by atoms with van der Waals surface area (Å²) in [5, 5.41) is 0. The quantitative estimate of drug-likeness (QED) is 0.615. The van der Waals surface area contributed by atoms with Crippen LogP contribution in [0.25, 0.3) is 0 Å². The molecule has 1 aromatic rings. The molecule has 0 aliphatic carbocycles. The number of rotatable bonds is 0. The zero-order valence-corrected chi connectivity index (χ0v) is 5.83. The van der Waals surface area contributed by atoms with Gasteiger partial charge in [-0.25, -0.2) is 0 Å². The van der Waals surface area contributed by atoms with Crippen LogP contribution in [0.15, 0.2) is 0 Å². The number of hydrogen-bond acceptors (Lipinski definition) is 3. The van der Waals surface area contributed by atoms with Crippen LogP contribution in [0.4, 0.5) is 0 Å². The third-order valence-corrected chi connectivity index (χ3v) is 3.03. The van der Waals surface area contributed by atoms with Crippen molar-refractivity contribution in [2.24, 2.45) is 0 Å². The van der Waals surface area contributed by atoms with E-state index >= 15 is 0 Å². The van der Waals surface area contributed by atoms with E-state index < -0.39 is 7.73 Å². The highest BCUT2D eigenvalue weighted by Crippen LogP contribution is 2.07. The van der Waals surface area contributed by atoms with E-state index in [0.717, 1.165) is 0 Å². The van der Waals surface area contributed by atoms with Crippen molar-refractivity contribution in [3.05, 3.63) is 0 Å². The second-order valence-electron chi connectivity index (χ2n) is 0.741. The number of nitrogens with zero attached hydrogens (tertiary/aromatic N) is 2. The van der Waals surface area contributed by atoms with Gasteiger partial charge < -0.3 is 0 Å². The Kier molecular flexibility index (Phi) is 1.81. The van der Waals surface area contributed by atoms with Crippen molar-refractivity contribution >= 4 is 24.8 Å². The number of nitrogens with one attached hydrogen (secondary N) is 1. The van der Waals surface area contributed by atoms with Crippen molar-refractivity contribution in [3.63, 3.8) is 0 Å². The summed E-state index contributed by atoms with van der Waals surface area (Å²) in [6, 6.07) is 0. The van der Waals surface area contributed by atoms with Gasteiger partial charge in [0.05, 0.1) is 0 Å². The minimum absolute atomic E-state index is 0.584. The number of hydrogen-bond donors (Lipinski definition) is 1. The highest BCUT2D eigenvalue weighted by molar-refractivity contribution is 7.46. The van der Waals surface area contributed by atoms with E-state index in [-0.39, 0.29) is 0 Å². The molecule has 0 saturated heterocycles. The summed E-state index contributed by atoms with van der Waals surface area (Å²) in [7, 11) is -0.223. The van der Waals surface area contributed by atoms with E-state index in [9.17, 15) is 4.57 Å². The van der Waals surface area contributed by atoms with Gasteiger partial charge in [0.15, 0.2) is 0 Å². The molecule has 1 heterocycles. The summed E-state index contributed by atoms with van der Waals surface area (Å²) in [6.07, 6.45) is 0. The molecule has 7 heavy (non-hydrogen) atoms. The van der Waals surface area contributed by atoms with Crippen LogP contribution < -0.4 is 0 Å². The normalized spacial score (nSPS) is 13.4. The summed E-state index contributed by atoms with van der Waals surface area (Å²) in [5.41, 5.74) is 0. The Morgan fingerprint density at radius 2 is 2.57 bits per heavy atom. The first-order chi connectivity index (χ1) is 3.39. The molecule has 1 unspecified atom stereocenters. The van der Waals surface area contributed by atoms with Crippen molar-refractivity contribution in [2.45, 2.75) is 0 Å². The molecule has 0 aromatic carbocycles. The first-order valence-corrected chi connectivity index (χ1v) is 4.29. The Morgan fingerprint density at radius 1 is 1.71 bits per heavy atom. The maximum absolute atomic E-state index is 10.3. The maximum atomic E-state index is 10.3. The molecule has 1 aromatic heterocycles. The fraction of sp³-hybridized carbons (Fsp3) is 0. The van der Waals surface area contributed by atoms with E-state index in [0.29, 0.717) is 17.0 Å². The number of aromatic amines is 1. The zero-order valence-electron chi connectivity index (χ0n) is 3.14. The van der Waals surface area contributed by atoms with Gasteiger partial charge in [0, 0.05) is 4.51 Å². The molecule has 7 heteroatoms. The largest absolute Gasteiger partial charge is 0.437 e. The summed E-state index contributed by atoms with van der Waals surface area (Å²) in [4.78, 5) is 0. The molecule has 1 atom stereocenters. The Bertz CT molecular complexity index is 176. The van der Waals surface area contributed by atoms with Crippen molar-refractivity contribution in [3.8, 4) is 0 Å². The summed E-state index contributed by atoms with van der Waals surface area (Å²) < 4.78 is 20.0. The van der Waals surface area contributed by atoms with Crippen LogP contribution in [0.5, 0.6) is 0 Å². The second-order valence-corrected chi connectivity index (χ2v) is 3.90. The molecule has 0 spiro atoms. The highest BCUT2D eigenvalue weighted by atomic mass is 31.1. The maximum Gasteiger partial charge on any atom is 0.437 e. The molecule has 0 aliphatic rings. The van der Waals surface area contributed by atoms with E-state index in [1.54, 1.807) is 0 Å². The van der Waals surface area contributed by atoms with Crippen LogP contribution in [0.2, 0.25) is 0 Å². The SMILES string of the molecule is O=[p+]1npnp[nH]1. The lowest BCUT2D eigenvalue weighted by Crippen LogP contribution is -1.51. The summed E-state index contributed by atoms with van der Waals surface area (Å²) in [6.45, 7) is 0. The van der Waals surface area contributed by atoms with Gasteiger partial charge in [0.2, 0.25) is 0 Å². The lowest BCUT2D eigenvalue weighted by molar-refractivity contribution is 0.595.